The van der Waals surface area contributed by atoms with Gasteiger partial charge in [0.05, 0.1) is 16.4 Å². The van der Waals surface area contributed by atoms with Crippen LogP contribution in [0, 0.1) is 0 Å². The van der Waals surface area contributed by atoms with Gasteiger partial charge >= 0.3 is 0 Å². The molecule has 3 nitrogen and oxygen atoms in total. The highest BCUT2D eigenvalue weighted by Gasteiger charge is 2.02. The lowest BCUT2D eigenvalue weighted by Crippen LogP contribution is -2.13. The SMILES string of the molecule is CCNCc1cccc(COc2ccccc2Cl)n1. The zero-order chi connectivity index (χ0) is 13.5. The lowest BCUT2D eigenvalue weighted by molar-refractivity contribution is 0.301. The molecule has 0 unspecified atom stereocenters. The van der Waals surface area contributed by atoms with Crippen LogP contribution >= 0.6 is 11.6 Å². The molecule has 2 rings (SSSR count). The molecule has 0 saturated heterocycles. The fraction of sp³-hybridized carbons (Fsp3) is 0.267. The van der Waals surface area contributed by atoms with Crippen molar-refractivity contribution < 1.29 is 4.74 Å². The smallest absolute Gasteiger partial charge is 0.138 e. The molecular weight excluding hydrogens is 260 g/mol. The van der Waals surface area contributed by atoms with E-state index in [0.717, 1.165) is 24.5 Å². The second-order valence-electron chi connectivity index (χ2n) is 4.12. The maximum absolute atomic E-state index is 6.03. The Hall–Kier alpha value is -1.58. The fourth-order valence-corrected chi connectivity index (χ4v) is 1.86. The Morgan fingerprint density at radius 1 is 1.11 bits per heavy atom. The zero-order valence-electron chi connectivity index (χ0n) is 10.9. The van der Waals surface area contributed by atoms with Gasteiger partial charge in [-0.15, -0.1) is 0 Å². The molecule has 0 fully saturated rings. The quantitative estimate of drug-likeness (QED) is 0.878. The van der Waals surface area contributed by atoms with Crippen molar-refractivity contribution in [2.45, 2.75) is 20.1 Å². The molecule has 0 aliphatic carbocycles. The van der Waals surface area contributed by atoms with Crippen LogP contribution in [0.2, 0.25) is 5.02 Å². The highest BCUT2D eigenvalue weighted by Crippen LogP contribution is 2.23. The molecule has 0 spiro atoms. The van der Waals surface area contributed by atoms with Crippen molar-refractivity contribution in [2.75, 3.05) is 6.54 Å². The summed E-state index contributed by atoms with van der Waals surface area (Å²) in [5.74, 6) is 0.683. The van der Waals surface area contributed by atoms with Gasteiger partial charge < -0.3 is 10.1 Å². The molecule has 0 aliphatic heterocycles. The lowest BCUT2D eigenvalue weighted by atomic mass is 10.3. The molecule has 100 valence electrons. The van der Waals surface area contributed by atoms with Crippen molar-refractivity contribution in [3.63, 3.8) is 0 Å². The molecule has 1 heterocycles. The molecule has 0 aliphatic rings. The predicted molar refractivity (Wildman–Crippen MR) is 77.4 cm³/mol. The van der Waals surface area contributed by atoms with Gasteiger partial charge in [-0.25, -0.2) is 0 Å². The van der Waals surface area contributed by atoms with E-state index >= 15 is 0 Å². The van der Waals surface area contributed by atoms with Crippen LogP contribution in [0.25, 0.3) is 0 Å². The summed E-state index contributed by atoms with van der Waals surface area (Å²) in [6.45, 7) is 4.20. The minimum absolute atomic E-state index is 0.420. The summed E-state index contributed by atoms with van der Waals surface area (Å²) >= 11 is 6.03. The van der Waals surface area contributed by atoms with E-state index in [4.69, 9.17) is 16.3 Å². The highest BCUT2D eigenvalue weighted by molar-refractivity contribution is 6.32. The Morgan fingerprint density at radius 2 is 1.89 bits per heavy atom. The molecule has 0 bridgehead atoms. The summed E-state index contributed by atoms with van der Waals surface area (Å²) in [6, 6.07) is 13.4. The van der Waals surface area contributed by atoms with E-state index in [0.29, 0.717) is 17.4 Å². The maximum atomic E-state index is 6.03. The van der Waals surface area contributed by atoms with Gasteiger partial charge in [0, 0.05) is 6.54 Å². The van der Waals surface area contributed by atoms with Crippen LogP contribution < -0.4 is 10.1 Å². The van der Waals surface area contributed by atoms with Crippen molar-refractivity contribution in [3.05, 3.63) is 58.9 Å². The number of hydrogen-bond donors (Lipinski definition) is 1. The third-order valence-electron chi connectivity index (χ3n) is 2.63. The predicted octanol–water partition coefficient (Wildman–Crippen LogP) is 3.42. The summed E-state index contributed by atoms with van der Waals surface area (Å²) in [5, 5.41) is 3.87. The van der Waals surface area contributed by atoms with Crippen LogP contribution in [0.15, 0.2) is 42.5 Å². The van der Waals surface area contributed by atoms with Gasteiger partial charge in [-0.05, 0) is 30.8 Å². The Morgan fingerprint density at radius 3 is 2.68 bits per heavy atom. The topological polar surface area (TPSA) is 34.1 Å². The van der Waals surface area contributed by atoms with Crippen molar-refractivity contribution >= 4 is 11.6 Å². The van der Waals surface area contributed by atoms with Gasteiger partial charge in [0.1, 0.15) is 12.4 Å². The van der Waals surface area contributed by atoms with Gasteiger partial charge in [0.15, 0.2) is 0 Å². The summed E-state index contributed by atoms with van der Waals surface area (Å²) in [6.07, 6.45) is 0. The van der Waals surface area contributed by atoms with Crippen LogP contribution in [0.5, 0.6) is 5.75 Å². The molecule has 0 amide bonds. The number of hydrogen-bond acceptors (Lipinski definition) is 3. The minimum atomic E-state index is 0.420. The average Bonchev–Trinajstić information content (AvgIpc) is 2.45. The third kappa shape index (κ3) is 4.23. The zero-order valence-corrected chi connectivity index (χ0v) is 11.7. The van der Waals surface area contributed by atoms with Gasteiger partial charge in [0.25, 0.3) is 0 Å². The van der Waals surface area contributed by atoms with Crippen LogP contribution in [0.1, 0.15) is 18.3 Å². The molecule has 0 atom stereocenters. The normalized spacial score (nSPS) is 10.4. The third-order valence-corrected chi connectivity index (χ3v) is 2.95. The Kier molecular flexibility index (Phi) is 5.19. The molecule has 1 N–H and O–H groups in total. The van der Waals surface area contributed by atoms with Crippen LogP contribution in [-0.2, 0) is 13.2 Å². The number of halogens is 1. The number of aromatic nitrogens is 1. The number of pyridine rings is 1. The first kappa shape index (κ1) is 13.8. The van der Waals surface area contributed by atoms with Crippen LogP contribution in [-0.4, -0.2) is 11.5 Å². The van der Waals surface area contributed by atoms with Crippen LogP contribution in [0.4, 0.5) is 0 Å². The minimum Gasteiger partial charge on any atom is -0.486 e. The van der Waals surface area contributed by atoms with Crippen molar-refractivity contribution in [1.29, 1.82) is 0 Å². The van der Waals surface area contributed by atoms with Gasteiger partial charge in [-0.3, -0.25) is 4.98 Å². The second kappa shape index (κ2) is 7.12. The Labute approximate surface area is 118 Å². The summed E-state index contributed by atoms with van der Waals surface area (Å²) in [7, 11) is 0. The molecule has 0 saturated carbocycles. The standard InChI is InChI=1S/C15H17ClN2O/c1-2-17-10-12-6-5-7-13(18-12)11-19-15-9-4-3-8-14(15)16/h3-9,17H,2,10-11H2,1H3. The Bertz CT molecular complexity index is 531. The number of para-hydroxylation sites is 1. The molecule has 1 aromatic carbocycles. The van der Waals surface area contributed by atoms with E-state index in [1.54, 1.807) is 0 Å². The van der Waals surface area contributed by atoms with Gasteiger partial charge in [-0.2, -0.15) is 0 Å². The van der Waals surface area contributed by atoms with Gasteiger partial charge in [0.2, 0.25) is 0 Å². The first-order valence-corrected chi connectivity index (χ1v) is 6.70. The average molecular weight is 277 g/mol. The molecule has 0 radical (unpaired) electrons. The van der Waals surface area contributed by atoms with E-state index in [1.807, 2.05) is 42.5 Å². The largest absolute Gasteiger partial charge is 0.486 e. The van der Waals surface area contributed by atoms with E-state index in [1.165, 1.54) is 0 Å². The second-order valence-corrected chi connectivity index (χ2v) is 4.53. The molecule has 4 heteroatoms. The molecule has 2 aromatic rings. The maximum Gasteiger partial charge on any atom is 0.138 e. The van der Waals surface area contributed by atoms with E-state index in [-0.39, 0.29) is 0 Å². The van der Waals surface area contributed by atoms with E-state index < -0.39 is 0 Å². The lowest BCUT2D eigenvalue weighted by Gasteiger charge is -2.08. The summed E-state index contributed by atoms with van der Waals surface area (Å²) in [4.78, 5) is 4.52. The van der Waals surface area contributed by atoms with Crippen LogP contribution in [0.3, 0.4) is 0 Å². The molecule has 1 aromatic heterocycles. The summed E-state index contributed by atoms with van der Waals surface area (Å²) in [5.41, 5.74) is 1.91. The molecule has 19 heavy (non-hydrogen) atoms. The first-order valence-electron chi connectivity index (χ1n) is 6.32. The Balaban J connectivity index is 1.98. The van der Waals surface area contributed by atoms with Crippen molar-refractivity contribution in [3.8, 4) is 5.75 Å². The number of nitrogens with one attached hydrogen (secondary N) is 1. The van der Waals surface area contributed by atoms with E-state index in [2.05, 4.69) is 17.2 Å². The highest BCUT2D eigenvalue weighted by atomic mass is 35.5. The number of benzene rings is 1. The van der Waals surface area contributed by atoms with Crippen molar-refractivity contribution in [1.82, 2.24) is 10.3 Å². The number of ether oxygens (including phenoxy) is 1. The van der Waals surface area contributed by atoms with E-state index in [9.17, 15) is 0 Å². The first-order chi connectivity index (χ1) is 9.29. The van der Waals surface area contributed by atoms with Crippen molar-refractivity contribution in [2.24, 2.45) is 0 Å². The number of nitrogens with zero attached hydrogens (tertiary/aromatic N) is 1. The molecular formula is C15H17ClN2O. The monoisotopic (exact) mass is 276 g/mol. The summed E-state index contributed by atoms with van der Waals surface area (Å²) < 4.78 is 5.67. The van der Waals surface area contributed by atoms with Gasteiger partial charge in [-0.1, -0.05) is 36.7 Å². The number of rotatable bonds is 6. The fourth-order valence-electron chi connectivity index (χ4n) is 1.67.